The molecule has 8 heteroatoms. The number of carboxylic acids is 1. The maximum Gasteiger partial charge on any atom is 0.339 e. The minimum Gasteiger partial charge on any atom is -0.478 e. The van der Waals surface area contributed by atoms with Crippen LogP contribution in [0.15, 0.2) is 12.4 Å². The first-order valence-electron chi connectivity index (χ1n) is 6.22. The lowest BCUT2D eigenvalue weighted by molar-refractivity contribution is 0.0697. The third kappa shape index (κ3) is 2.23. The number of aromatic nitrogens is 4. The predicted octanol–water partition coefficient (Wildman–Crippen LogP) is 2.48. The summed E-state index contributed by atoms with van der Waals surface area (Å²) >= 11 is 1.46. The van der Waals surface area contributed by atoms with Gasteiger partial charge in [0.1, 0.15) is 5.56 Å². The molecule has 0 amide bonds. The Hall–Kier alpha value is -2.48. The quantitative estimate of drug-likeness (QED) is 0.772. The number of rotatable bonds is 3. The zero-order chi connectivity index (χ0) is 15.1. The van der Waals surface area contributed by atoms with Crippen molar-refractivity contribution in [2.45, 2.75) is 13.8 Å². The molecule has 7 nitrogen and oxygen atoms in total. The Labute approximate surface area is 124 Å². The van der Waals surface area contributed by atoms with Crippen LogP contribution in [-0.4, -0.2) is 30.8 Å². The highest BCUT2D eigenvalue weighted by Gasteiger charge is 2.20. The monoisotopic (exact) mass is 303 g/mol. The van der Waals surface area contributed by atoms with Crippen molar-refractivity contribution < 1.29 is 9.90 Å². The molecule has 0 aliphatic heterocycles. The van der Waals surface area contributed by atoms with E-state index >= 15 is 0 Å². The average Bonchev–Trinajstić information content (AvgIpc) is 2.94. The summed E-state index contributed by atoms with van der Waals surface area (Å²) in [6.45, 7) is 3.77. The normalized spacial score (nSPS) is 11.0. The van der Waals surface area contributed by atoms with Gasteiger partial charge in [-0.3, -0.25) is 4.68 Å². The molecule has 0 radical (unpaired) electrons. The van der Waals surface area contributed by atoms with Crippen LogP contribution in [0.25, 0.3) is 11.0 Å². The molecule has 21 heavy (non-hydrogen) atoms. The molecule has 0 spiro atoms. The van der Waals surface area contributed by atoms with Crippen molar-refractivity contribution in [2.75, 3.05) is 5.32 Å². The van der Waals surface area contributed by atoms with Crippen molar-refractivity contribution in [1.29, 1.82) is 0 Å². The van der Waals surface area contributed by atoms with Crippen LogP contribution in [-0.2, 0) is 7.05 Å². The van der Waals surface area contributed by atoms with E-state index in [2.05, 4.69) is 20.4 Å². The smallest absolute Gasteiger partial charge is 0.339 e. The molecular formula is C13H13N5O2S. The molecular weight excluding hydrogens is 290 g/mol. The number of hydrogen-bond donors (Lipinski definition) is 2. The second-order valence-electron chi connectivity index (χ2n) is 4.66. The van der Waals surface area contributed by atoms with Crippen LogP contribution in [0.3, 0.4) is 0 Å². The Morgan fingerprint density at radius 2 is 2.10 bits per heavy atom. The molecule has 0 aliphatic carbocycles. The number of aryl methyl sites for hydroxylation is 3. The fraction of sp³-hybridized carbons (Fsp3) is 0.231. The van der Waals surface area contributed by atoms with E-state index in [0.717, 1.165) is 10.6 Å². The second kappa shape index (κ2) is 4.81. The van der Waals surface area contributed by atoms with Crippen LogP contribution in [0.4, 0.5) is 10.8 Å². The molecule has 3 aromatic heterocycles. The summed E-state index contributed by atoms with van der Waals surface area (Å²) in [7, 11) is 1.78. The minimum absolute atomic E-state index is 0.103. The molecule has 3 rings (SSSR count). The first-order valence-corrected chi connectivity index (χ1v) is 7.04. The average molecular weight is 303 g/mol. The van der Waals surface area contributed by atoms with Crippen molar-refractivity contribution in [1.82, 2.24) is 19.7 Å². The number of anilines is 2. The lowest BCUT2D eigenvalue weighted by Gasteiger charge is -2.08. The number of nitrogens with one attached hydrogen (secondary N) is 1. The van der Waals surface area contributed by atoms with Crippen LogP contribution < -0.4 is 5.32 Å². The molecule has 0 aromatic carbocycles. The van der Waals surface area contributed by atoms with E-state index in [9.17, 15) is 9.90 Å². The molecule has 0 fully saturated rings. The summed E-state index contributed by atoms with van der Waals surface area (Å²) in [4.78, 5) is 20.9. The lowest BCUT2D eigenvalue weighted by Crippen LogP contribution is -2.05. The standard InChI is InChI=1S/C13H13N5O2S/c1-6-4-15-13(21-6)16-10-8(12(19)20)5-14-11-9(10)7(2)17-18(11)3/h4-5H,1-3H3,(H,19,20)(H,14,15,16). The molecule has 108 valence electrons. The Kier molecular flexibility index (Phi) is 3.09. The molecule has 3 heterocycles. The van der Waals surface area contributed by atoms with Gasteiger partial charge in [-0.25, -0.2) is 14.8 Å². The summed E-state index contributed by atoms with van der Waals surface area (Å²) in [6, 6.07) is 0. The van der Waals surface area contributed by atoms with Crippen LogP contribution in [0.2, 0.25) is 0 Å². The zero-order valence-corrected chi connectivity index (χ0v) is 12.5. The minimum atomic E-state index is -1.04. The lowest BCUT2D eigenvalue weighted by atomic mass is 10.1. The number of carbonyl (C=O) groups is 1. The third-order valence-corrected chi connectivity index (χ3v) is 3.94. The van der Waals surface area contributed by atoms with E-state index < -0.39 is 5.97 Å². The van der Waals surface area contributed by atoms with Crippen LogP contribution >= 0.6 is 11.3 Å². The molecule has 0 unspecified atom stereocenters. The highest BCUT2D eigenvalue weighted by Crippen LogP contribution is 2.32. The number of aromatic carboxylic acids is 1. The van der Waals surface area contributed by atoms with Gasteiger partial charge in [0, 0.05) is 24.3 Å². The van der Waals surface area contributed by atoms with Crippen LogP contribution in [0, 0.1) is 13.8 Å². The van der Waals surface area contributed by atoms with Crippen molar-refractivity contribution in [3.8, 4) is 0 Å². The van der Waals surface area contributed by atoms with E-state index in [1.807, 2.05) is 13.8 Å². The molecule has 3 aromatic rings. The summed E-state index contributed by atoms with van der Waals surface area (Å²) < 4.78 is 1.63. The van der Waals surface area contributed by atoms with Gasteiger partial charge >= 0.3 is 5.97 Å². The van der Waals surface area contributed by atoms with Gasteiger partial charge in [0.05, 0.1) is 16.8 Å². The highest BCUT2D eigenvalue weighted by atomic mass is 32.1. The van der Waals surface area contributed by atoms with E-state index in [1.54, 1.807) is 17.9 Å². The van der Waals surface area contributed by atoms with E-state index in [1.165, 1.54) is 17.5 Å². The summed E-state index contributed by atoms with van der Waals surface area (Å²) in [5.74, 6) is -1.04. The van der Waals surface area contributed by atoms with Gasteiger partial charge in [-0.2, -0.15) is 5.10 Å². The predicted molar refractivity (Wildman–Crippen MR) is 80.3 cm³/mol. The highest BCUT2D eigenvalue weighted by molar-refractivity contribution is 7.15. The number of pyridine rings is 1. The summed E-state index contributed by atoms with van der Waals surface area (Å²) in [5, 5.41) is 18.1. The van der Waals surface area contributed by atoms with Gasteiger partial charge in [-0.05, 0) is 13.8 Å². The fourth-order valence-corrected chi connectivity index (χ4v) is 2.89. The number of hydrogen-bond acceptors (Lipinski definition) is 6. The van der Waals surface area contributed by atoms with Gasteiger partial charge < -0.3 is 10.4 Å². The first kappa shape index (κ1) is 13.5. The van der Waals surface area contributed by atoms with Crippen LogP contribution in [0.5, 0.6) is 0 Å². The van der Waals surface area contributed by atoms with Crippen molar-refractivity contribution in [3.63, 3.8) is 0 Å². The Balaban J connectivity index is 2.25. The van der Waals surface area contributed by atoms with Gasteiger partial charge in [0.15, 0.2) is 10.8 Å². The molecule has 0 atom stereocenters. The summed E-state index contributed by atoms with van der Waals surface area (Å²) in [5.41, 5.74) is 1.94. The first-order chi connectivity index (χ1) is 9.97. The topological polar surface area (TPSA) is 92.9 Å². The fourth-order valence-electron chi connectivity index (χ4n) is 2.22. The number of carboxylic acid groups (broad SMARTS) is 1. The van der Waals surface area contributed by atoms with Gasteiger partial charge in [0.2, 0.25) is 0 Å². The van der Waals surface area contributed by atoms with Crippen LogP contribution in [0.1, 0.15) is 20.9 Å². The Morgan fingerprint density at radius 3 is 2.71 bits per heavy atom. The van der Waals surface area contributed by atoms with E-state index in [0.29, 0.717) is 21.9 Å². The Bertz CT molecular complexity index is 852. The molecule has 0 bridgehead atoms. The summed E-state index contributed by atoms with van der Waals surface area (Å²) in [6.07, 6.45) is 3.08. The van der Waals surface area contributed by atoms with Crippen molar-refractivity contribution >= 4 is 39.2 Å². The maximum atomic E-state index is 11.5. The SMILES string of the molecule is Cc1cnc(Nc2c(C(=O)O)cnc3c2c(C)nn3C)s1. The number of thiazole rings is 1. The zero-order valence-electron chi connectivity index (χ0n) is 11.7. The third-order valence-electron chi connectivity index (χ3n) is 3.11. The maximum absolute atomic E-state index is 11.5. The molecule has 0 aliphatic rings. The van der Waals surface area contributed by atoms with Crippen molar-refractivity contribution in [3.05, 3.63) is 28.5 Å². The number of fused-ring (bicyclic) bond motifs is 1. The van der Waals surface area contributed by atoms with Gasteiger partial charge in [-0.15, -0.1) is 11.3 Å². The molecule has 0 saturated carbocycles. The van der Waals surface area contributed by atoms with E-state index in [4.69, 9.17) is 0 Å². The molecule has 2 N–H and O–H groups in total. The van der Waals surface area contributed by atoms with Crippen molar-refractivity contribution in [2.24, 2.45) is 7.05 Å². The van der Waals surface area contributed by atoms with Gasteiger partial charge in [0.25, 0.3) is 0 Å². The van der Waals surface area contributed by atoms with E-state index in [-0.39, 0.29) is 5.56 Å². The second-order valence-corrected chi connectivity index (χ2v) is 5.90. The molecule has 0 saturated heterocycles. The largest absolute Gasteiger partial charge is 0.478 e. The Morgan fingerprint density at radius 1 is 1.33 bits per heavy atom. The van der Waals surface area contributed by atoms with Gasteiger partial charge in [-0.1, -0.05) is 0 Å². The number of nitrogens with zero attached hydrogens (tertiary/aromatic N) is 4.